The molecule has 0 bridgehead atoms. The molecule has 0 spiro atoms. The Morgan fingerprint density at radius 3 is 2.27 bits per heavy atom. The van der Waals surface area contributed by atoms with Crippen LogP contribution in [0.15, 0.2) is 11.5 Å². The second-order valence-corrected chi connectivity index (χ2v) is 9.01. The van der Waals surface area contributed by atoms with Gasteiger partial charge < -0.3 is 9.05 Å². The summed E-state index contributed by atoms with van der Waals surface area (Å²) in [5.74, 6) is 0. The fourth-order valence-electron chi connectivity index (χ4n) is 0.922. The highest BCUT2D eigenvalue weighted by molar-refractivity contribution is 8.69. The van der Waals surface area contributed by atoms with Gasteiger partial charge in [-0.1, -0.05) is 25.8 Å². The molecule has 90 valence electrons. The van der Waals surface area contributed by atoms with Crippen molar-refractivity contribution in [2.75, 3.05) is 13.2 Å². The lowest BCUT2D eigenvalue weighted by Crippen LogP contribution is -1.90. The summed E-state index contributed by atoms with van der Waals surface area (Å²) >= 11 is 6.88. The van der Waals surface area contributed by atoms with Crippen molar-refractivity contribution in [3.8, 4) is 0 Å². The predicted molar refractivity (Wildman–Crippen MR) is 73.8 cm³/mol. The molecule has 0 unspecified atom stereocenters. The van der Waals surface area contributed by atoms with Gasteiger partial charge in [-0.25, -0.2) is 0 Å². The van der Waals surface area contributed by atoms with E-state index in [1.807, 2.05) is 19.3 Å². The second-order valence-electron chi connectivity index (χ2n) is 2.90. The zero-order valence-electron chi connectivity index (χ0n) is 9.77. The first kappa shape index (κ1) is 15.7. The average Bonchev–Trinajstić information content (AvgIpc) is 2.18. The number of unbranched alkanes of at least 4 members (excludes halogenated alkanes) is 2. The molecule has 0 aromatic carbocycles. The molecule has 5 heteroatoms. The molecule has 0 atom stereocenters. The van der Waals surface area contributed by atoms with E-state index in [0.29, 0.717) is 13.2 Å². The van der Waals surface area contributed by atoms with E-state index in [1.165, 1.54) is 24.2 Å². The Morgan fingerprint density at radius 2 is 1.80 bits per heavy atom. The molecule has 0 rings (SSSR count). The van der Waals surface area contributed by atoms with Crippen LogP contribution in [0.5, 0.6) is 0 Å². The standard InChI is InChI=1S/C10H21O2PS2/c1-4-7-8-9-10-15-13(14,11-5-2)12-6-3/h9-10H,4-8H2,1-3H3/b10-9-. The van der Waals surface area contributed by atoms with Crippen molar-refractivity contribution in [3.63, 3.8) is 0 Å². The third-order valence-electron chi connectivity index (χ3n) is 1.58. The monoisotopic (exact) mass is 268 g/mol. The first-order chi connectivity index (χ1) is 7.18. The van der Waals surface area contributed by atoms with E-state index in [4.69, 9.17) is 20.9 Å². The van der Waals surface area contributed by atoms with Crippen LogP contribution < -0.4 is 0 Å². The number of rotatable bonds is 9. The summed E-state index contributed by atoms with van der Waals surface area (Å²) in [6.45, 7) is 7.31. The average molecular weight is 268 g/mol. The van der Waals surface area contributed by atoms with Crippen molar-refractivity contribution < 1.29 is 9.05 Å². The van der Waals surface area contributed by atoms with E-state index >= 15 is 0 Å². The Labute approximate surface area is 103 Å². The molecule has 0 saturated carbocycles. The summed E-state index contributed by atoms with van der Waals surface area (Å²) in [6.07, 6.45) is 5.70. The summed E-state index contributed by atoms with van der Waals surface area (Å²) in [7, 11) is 0. The molecule has 0 fully saturated rings. The van der Waals surface area contributed by atoms with Crippen molar-refractivity contribution >= 4 is 28.9 Å². The zero-order chi connectivity index (χ0) is 11.6. The summed E-state index contributed by atoms with van der Waals surface area (Å²) < 4.78 is 11.0. The maximum atomic E-state index is 5.49. The summed E-state index contributed by atoms with van der Waals surface area (Å²) in [6, 6.07) is 0. The number of allylic oxidation sites excluding steroid dienone is 1. The molecule has 0 aromatic heterocycles. The topological polar surface area (TPSA) is 18.5 Å². The minimum absolute atomic E-state index is 0.618. The molecule has 0 aliphatic rings. The third kappa shape index (κ3) is 8.47. The van der Waals surface area contributed by atoms with Crippen molar-refractivity contribution in [2.45, 2.75) is 40.0 Å². The van der Waals surface area contributed by atoms with Crippen LogP contribution in [-0.4, -0.2) is 13.2 Å². The largest absolute Gasteiger partial charge is 0.322 e. The molecule has 0 N–H and O–H groups in total. The first-order valence-electron chi connectivity index (χ1n) is 5.41. The fraction of sp³-hybridized carbons (Fsp3) is 0.800. The van der Waals surface area contributed by atoms with Gasteiger partial charge in [0.15, 0.2) is 0 Å². The maximum Gasteiger partial charge on any atom is 0.251 e. The lowest BCUT2D eigenvalue weighted by atomic mass is 10.2. The van der Waals surface area contributed by atoms with Crippen LogP contribution in [0.3, 0.4) is 0 Å². The highest BCUT2D eigenvalue weighted by Gasteiger charge is 2.16. The van der Waals surface area contributed by atoms with E-state index in [-0.39, 0.29) is 0 Å². The minimum atomic E-state index is -2.10. The third-order valence-corrected chi connectivity index (χ3v) is 6.49. The summed E-state index contributed by atoms with van der Waals surface area (Å²) in [5, 5.41) is 2.03. The Hall–Kier alpha value is 0.660. The Morgan fingerprint density at radius 1 is 1.20 bits per heavy atom. The SMILES string of the molecule is CCCC/C=C\SP(=S)(OCC)OCC. The van der Waals surface area contributed by atoms with Crippen molar-refractivity contribution in [1.29, 1.82) is 0 Å². The zero-order valence-corrected chi connectivity index (χ0v) is 12.3. The normalized spacial score (nSPS) is 12.5. The van der Waals surface area contributed by atoms with E-state index < -0.39 is 5.69 Å². The van der Waals surface area contributed by atoms with Gasteiger partial charge in [0, 0.05) is 0 Å². The van der Waals surface area contributed by atoms with E-state index in [0.717, 1.165) is 6.42 Å². The molecular weight excluding hydrogens is 247 g/mol. The van der Waals surface area contributed by atoms with Gasteiger partial charge in [0.25, 0.3) is 5.69 Å². The van der Waals surface area contributed by atoms with Gasteiger partial charge in [-0.15, -0.1) is 0 Å². The predicted octanol–water partition coefficient (Wildman–Crippen LogP) is 4.72. The van der Waals surface area contributed by atoms with Crippen LogP contribution in [0.4, 0.5) is 0 Å². The molecule has 0 saturated heterocycles. The summed E-state index contributed by atoms with van der Waals surface area (Å²) in [5.41, 5.74) is -2.10. The molecule has 0 heterocycles. The number of hydrogen-bond donors (Lipinski definition) is 0. The van der Waals surface area contributed by atoms with Gasteiger partial charge in [0.05, 0.1) is 13.2 Å². The highest BCUT2D eigenvalue weighted by atomic mass is 32.9. The highest BCUT2D eigenvalue weighted by Crippen LogP contribution is 2.61. The lowest BCUT2D eigenvalue weighted by Gasteiger charge is -2.17. The van der Waals surface area contributed by atoms with Gasteiger partial charge >= 0.3 is 0 Å². The van der Waals surface area contributed by atoms with E-state index in [1.54, 1.807) is 0 Å². The smallest absolute Gasteiger partial charge is 0.251 e. The Balaban J connectivity index is 3.95. The summed E-state index contributed by atoms with van der Waals surface area (Å²) in [4.78, 5) is 0. The van der Waals surface area contributed by atoms with Crippen LogP contribution in [-0.2, 0) is 20.9 Å². The second kappa shape index (κ2) is 9.86. The maximum absolute atomic E-state index is 5.49. The molecule has 0 aromatic rings. The molecule has 0 amide bonds. The van der Waals surface area contributed by atoms with Crippen molar-refractivity contribution in [2.24, 2.45) is 0 Å². The molecule has 0 radical (unpaired) electrons. The Kier molecular flexibility index (Phi) is 10.3. The molecule has 2 nitrogen and oxygen atoms in total. The van der Waals surface area contributed by atoms with Crippen LogP contribution in [0, 0.1) is 0 Å². The van der Waals surface area contributed by atoms with Crippen LogP contribution in [0.25, 0.3) is 0 Å². The Bertz CT molecular complexity index is 209. The van der Waals surface area contributed by atoms with E-state index in [9.17, 15) is 0 Å². The van der Waals surface area contributed by atoms with Gasteiger partial charge in [0.1, 0.15) is 0 Å². The van der Waals surface area contributed by atoms with Gasteiger partial charge in [-0.3, -0.25) is 0 Å². The fourth-order valence-corrected chi connectivity index (χ4v) is 4.90. The van der Waals surface area contributed by atoms with Gasteiger partial charge in [-0.05, 0) is 48.9 Å². The van der Waals surface area contributed by atoms with Crippen LogP contribution in [0.2, 0.25) is 0 Å². The van der Waals surface area contributed by atoms with Crippen molar-refractivity contribution in [1.82, 2.24) is 0 Å². The van der Waals surface area contributed by atoms with Gasteiger partial charge in [0.2, 0.25) is 0 Å². The molecule has 0 aliphatic carbocycles. The van der Waals surface area contributed by atoms with Crippen molar-refractivity contribution in [3.05, 3.63) is 11.5 Å². The quantitative estimate of drug-likeness (QED) is 0.444. The molecule has 15 heavy (non-hydrogen) atoms. The molecular formula is C10H21O2PS2. The first-order valence-corrected chi connectivity index (χ1v) is 9.53. The van der Waals surface area contributed by atoms with Gasteiger partial charge in [-0.2, -0.15) is 0 Å². The number of hydrogen-bond acceptors (Lipinski definition) is 4. The van der Waals surface area contributed by atoms with Crippen LogP contribution in [0.1, 0.15) is 40.0 Å². The minimum Gasteiger partial charge on any atom is -0.322 e. The lowest BCUT2D eigenvalue weighted by molar-refractivity contribution is 0.281. The van der Waals surface area contributed by atoms with E-state index in [2.05, 4.69) is 13.0 Å². The van der Waals surface area contributed by atoms with Crippen LogP contribution >= 0.6 is 17.1 Å². The molecule has 0 aliphatic heterocycles.